The van der Waals surface area contributed by atoms with Crippen molar-refractivity contribution in [3.8, 4) is 0 Å². The lowest BCUT2D eigenvalue weighted by Gasteiger charge is -2.36. The van der Waals surface area contributed by atoms with Gasteiger partial charge in [0, 0.05) is 30.6 Å². The lowest BCUT2D eigenvalue weighted by Crippen LogP contribution is -2.58. The third-order valence-corrected chi connectivity index (χ3v) is 7.76. The van der Waals surface area contributed by atoms with E-state index in [1.807, 2.05) is 30.0 Å². The number of amides is 2. The largest absolute Gasteiger partial charge is 0.343 e. The Morgan fingerprint density at radius 3 is 2.61 bits per heavy atom. The van der Waals surface area contributed by atoms with E-state index in [1.165, 1.54) is 11.9 Å². The lowest BCUT2D eigenvalue weighted by atomic mass is 9.96. The van der Waals surface area contributed by atoms with E-state index in [-0.39, 0.29) is 47.3 Å². The van der Waals surface area contributed by atoms with Gasteiger partial charge in [-0.05, 0) is 45.2 Å². The summed E-state index contributed by atoms with van der Waals surface area (Å²) in [5.41, 5.74) is 1.13. The van der Waals surface area contributed by atoms with E-state index in [1.54, 1.807) is 14.0 Å². The summed E-state index contributed by atoms with van der Waals surface area (Å²) in [7, 11) is 1.75. The number of likely N-dealkylation sites (N-methyl/N-ethyl adjacent to an activating group) is 1. The number of likely N-dealkylation sites (tertiary alicyclic amines) is 1. The van der Waals surface area contributed by atoms with Crippen LogP contribution < -0.4 is 16.0 Å². The van der Waals surface area contributed by atoms with Gasteiger partial charge in [0.25, 0.3) is 0 Å². The minimum atomic E-state index is -0.519. The van der Waals surface area contributed by atoms with Gasteiger partial charge >= 0.3 is 0 Å². The maximum Gasteiger partial charge on any atom is 0.245 e. The zero-order chi connectivity index (χ0) is 24.0. The van der Waals surface area contributed by atoms with Gasteiger partial charge in [0.05, 0.1) is 6.04 Å². The van der Waals surface area contributed by atoms with Crippen molar-refractivity contribution >= 4 is 23.8 Å². The lowest BCUT2D eigenvalue weighted by molar-refractivity contribution is -0.139. The van der Waals surface area contributed by atoms with Crippen LogP contribution in [0.1, 0.15) is 58.6 Å². The third-order valence-electron chi connectivity index (χ3n) is 6.95. The highest BCUT2D eigenvalue weighted by molar-refractivity contribution is 7.98. The Balaban J connectivity index is 1.69. The van der Waals surface area contributed by atoms with Crippen LogP contribution in [0.4, 0.5) is 0 Å². The van der Waals surface area contributed by atoms with Crippen LogP contribution in [0.15, 0.2) is 40.0 Å². The zero-order valence-corrected chi connectivity index (χ0v) is 21.1. The Morgan fingerprint density at radius 2 is 1.94 bits per heavy atom. The molecule has 1 aromatic carbocycles. The third kappa shape index (κ3) is 6.13. The normalized spacial score (nSPS) is 26.1. The summed E-state index contributed by atoms with van der Waals surface area (Å²) in [5, 5.41) is 14.1. The molecule has 2 aliphatic heterocycles. The highest BCUT2D eigenvalue weighted by atomic mass is 32.2. The molecule has 0 spiro atoms. The number of rotatable bonds is 10. The molecule has 2 heterocycles. The first-order valence-corrected chi connectivity index (χ1v) is 12.9. The molecule has 3 unspecified atom stereocenters. The maximum atomic E-state index is 13.7. The summed E-state index contributed by atoms with van der Waals surface area (Å²) in [5.74, 6) is -0.0694. The minimum absolute atomic E-state index is 0.0187. The van der Waals surface area contributed by atoms with E-state index >= 15 is 0 Å². The van der Waals surface area contributed by atoms with E-state index < -0.39 is 6.04 Å². The molecular weight excluding hydrogens is 436 g/mol. The van der Waals surface area contributed by atoms with Crippen molar-refractivity contribution in [2.45, 2.75) is 82.5 Å². The molecule has 1 aromatic rings. The van der Waals surface area contributed by atoms with Crippen molar-refractivity contribution < 1.29 is 9.59 Å². The zero-order valence-electron chi connectivity index (χ0n) is 20.3. The van der Waals surface area contributed by atoms with E-state index in [0.717, 1.165) is 24.8 Å². The first-order valence-electron chi connectivity index (χ1n) is 12.0. The summed E-state index contributed by atoms with van der Waals surface area (Å²) >= 11 is 1.45. The van der Waals surface area contributed by atoms with Gasteiger partial charge in [0.15, 0.2) is 0 Å². The summed E-state index contributed by atoms with van der Waals surface area (Å²) < 4.78 is 4.22. The Morgan fingerprint density at radius 1 is 1.21 bits per heavy atom. The molecule has 182 valence electrons. The van der Waals surface area contributed by atoms with Gasteiger partial charge in [-0.1, -0.05) is 50.6 Å². The fourth-order valence-corrected chi connectivity index (χ4v) is 5.35. The summed E-state index contributed by atoms with van der Waals surface area (Å²) in [6.45, 7) is 8.74. The maximum absolute atomic E-state index is 13.7. The minimum Gasteiger partial charge on any atom is -0.343 e. The average molecular weight is 475 g/mol. The Hall–Kier alpha value is -1.97. The Labute approximate surface area is 201 Å². The van der Waals surface area contributed by atoms with Gasteiger partial charge in [0.2, 0.25) is 11.8 Å². The number of hydrogen-bond donors (Lipinski definition) is 3. The predicted octanol–water partition coefficient (Wildman–Crippen LogP) is 3.28. The number of nitrogens with zero attached hydrogens (tertiary/aromatic N) is 3. The van der Waals surface area contributed by atoms with Crippen molar-refractivity contribution in [2.75, 3.05) is 13.6 Å². The summed E-state index contributed by atoms with van der Waals surface area (Å²) in [6.07, 6.45) is 2.72. The predicted molar refractivity (Wildman–Crippen MR) is 133 cm³/mol. The van der Waals surface area contributed by atoms with Crippen LogP contribution in [0.3, 0.4) is 0 Å². The van der Waals surface area contributed by atoms with Gasteiger partial charge in [-0.3, -0.25) is 14.9 Å². The number of benzene rings is 1. The second kappa shape index (κ2) is 11.9. The van der Waals surface area contributed by atoms with Crippen molar-refractivity contribution in [1.29, 1.82) is 0 Å². The van der Waals surface area contributed by atoms with Gasteiger partial charge in [-0.25, -0.2) is 0 Å². The average Bonchev–Trinajstić information content (AvgIpc) is 3.51. The van der Waals surface area contributed by atoms with Crippen LogP contribution in [0.5, 0.6) is 0 Å². The first-order chi connectivity index (χ1) is 15.9. The Bertz CT molecular complexity index is 822. The molecule has 9 heteroatoms. The van der Waals surface area contributed by atoms with Crippen LogP contribution in [0, 0.1) is 5.92 Å². The van der Waals surface area contributed by atoms with Crippen molar-refractivity contribution in [2.24, 2.45) is 15.6 Å². The smallest absolute Gasteiger partial charge is 0.245 e. The van der Waals surface area contributed by atoms with Crippen molar-refractivity contribution in [3.05, 3.63) is 35.9 Å². The molecule has 3 rings (SSSR count). The topological polar surface area (TPSA) is 98.2 Å². The molecule has 3 N–H and O–H groups in total. The molecule has 2 aliphatic rings. The molecule has 0 saturated carbocycles. The highest BCUT2D eigenvalue weighted by Gasteiger charge is 2.40. The molecule has 0 bridgehead atoms. The summed E-state index contributed by atoms with van der Waals surface area (Å²) in [4.78, 5) is 28.2. The van der Waals surface area contributed by atoms with Crippen LogP contribution in [-0.4, -0.2) is 59.8 Å². The van der Waals surface area contributed by atoms with Crippen LogP contribution >= 0.6 is 11.9 Å². The molecule has 33 heavy (non-hydrogen) atoms. The van der Waals surface area contributed by atoms with Crippen molar-refractivity contribution in [1.82, 2.24) is 20.9 Å². The monoisotopic (exact) mass is 474 g/mol. The molecule has 8 nitrogen and oxygen atoms in total. The van der Waals surface area contributed by atoms with Crippen LogP contribution in [0.25, 0.3) is 0 Å². The number of hydrogen-bond acceptors (Lipinski definition) is 7. The molecular formula is C24H38N6O2S. The standard InChI is InChI=1S/C24H38N6O2S/c1-6-15(2)20(27-22(31)17(4)25-5)24(32)30-14-10-13-19(30)16(3)26-23-21(28-29-33-23)18-11-8-7-9-12-18/h7-9,11-12,15-17,19-21,23,25-26H,6,10,13-14H2,1-5H3,(H,27,31)/t15-,16?,17+,19+,20+,21?,23?/m1/s1. The molecule has 1 fully saturated rings. The van der Waals surface area contributed by atoms with E-state index in [2.05, 4.69) is 51.6 Å². The fraction of sp³-hybridized carbons (Fsp3) is 0.667. The van der Waals surface area contributed by atoms with Gasteiger partial charge in [-0.15, -0.1) is 4.52 Å². The Kier molecular flexibility index (Phi) is 9.28. The van der Waals surface area contributed by atoms with E-state index in [9.17, 15) is 9.59 Å². The molecule has 0 aliphatic carbocycles. The second-order valence-electron chi connectivity index (χ2n) is 9.16. The molecule has 1 saturated heterocycles. The molecule has 0 radical (unpaired) electrons. The number of carbonyl (C=O) groups is 2. The molecule has 0 aromatic heterocycles. The second-order valence-corrected chi connectivity index (χ2v) is 10.0. The van der Waals surface area contributed by atoms with Gasteiger partial charge < -0.3 is 15.5 Å². The molecule has 7 atom stereocenters. The SMILES string of the molecule is CC[C@@H](C)[C@H](NC(=O)[C@H](C)NC)C(=O)N1CCC[C@H]1C(C)NC1SN=NC1c1ccccc1. The number of carbonyl (C=O) groups excluding carboxylic acids is 2. The van der Waals surface area contributed by atoms with Crippen molar-refractivity contribution in [3.63, 3.8) is 0 Å². The summed E-state index contributed by atoms with van der Waals surface area (Å²) in [6, 6.07) is 9.42. The molecule has 2 amide bonds. The first kappa shape index (κ1) is 25.6. The van der Waals surface area contributed by atoms with E-state index in [0.29, 0.717) is 6.54 Å². The quantitative estimate of drug-likeness (QED) is 0.452. The van der Waals surface area contributed by atoms with Crippen LogP contribution in [-0.2, 0) is 9.59 Å². The van der Waals surface area contributed by atoms with Gasteiger partial charge in [0.1, 0.15) is 17.5 Å². The highest BCUT2D eigenvalue weighted by Crippen LogP contribution is 2.37. The van der Waals surface area contributed by atoms with Gasteiger partial charge in [-0.2, -0.15) is 5.11 Å². The fourth-order valence-electron chi connectivity index (χ4n) is 4.49. The number of nitrogens with one attached hydrogen (secondary N) is 3. The van der Waals surface area contributed by atoms with E-state index in [4.69, 9.17) is 0 Å². The van der Waals surface area contributed by atoms with Crippen LogP contribution in [0.2, 0.25) is 0 Å².